The van der Waals surface area contributed by atoms with Crippen LogP contribution in [-0.4, -0.2) is 25.2 Å². The average Bonchev–Trinajstić information content (AvgIpc) is 3.23. The molecule has 1 aromatic carbocycles. The monoisotopic (exact) mass is 354 g/mol. The second-order valence-corrected chi connectivity index (χ2v) is 7.64. The second kappa shape index (κ2) is 4.62. The Morgan fingerprint density at radius 2 is 1.85 bits per heavy atom. The molecule has 2 unspecified atom stereocenters. The van der Waals surface area contributed by atoms with Gasteiger partial charge in [0.2, 0.25) is 6.79 Å². The first-order valence-electron chi connectivity index (χ1n) is 8.96. The van der Waals surface area contributed by atoms with Crippen LogP contribution in [0.3, 0.4) is 0 Å². The lowest BCUT2D eigenvalue weighted by atomic mass is 9.59. The Morgan fingerprint density at radius 3 is 2.69 bits per heavy atom. The number of ketones is 1. The van der Waals surface area contributed by atoms with Crippen LogP contribution in [0.15, 0.2) is 35.6 Å². The number of fused-ring (bicyclic) bond motifs is 3. The van der Waals surface area contributed by atoms with Gasteiger partial charge in [-0.15, -0.1) is 0 Å². The van der Waals surface area contributed by atoms with Gasteiger partial charge in [-0.1, -0.05) is 19.9 Å². The lowest BCUT2D eigenvalue weighted by Crippen LogP contribution is -2.56. The third kappa shape index (κ3) is 1.59. The predicted octanol–water partition coefficient (Wildman–Crippen LogP) is 2.89. The van der Waals surface area contributed by atoms with Crippen molar-refractivity contribution < 1.29 is 28.5 Å². The van der Waals surface area contributed by atoms with Gasteiger partial charge in [0.05, 0.1) is 5.92 Å². The van der Waals surface area contributed by atoms with Gasteiger partial charge in [-0.05, 0) is 17.9 Å². The van der Waals surface area contributed by atoms with Gasteiger partial charge in [-0.3, -0.25) is 9.53 Å². The van der Waals surface area contributed by atoms with Crippen LogP contribution in [0.25, 0.3) is 0 Å². The maximum absolute atomic E-state index is 12.8. The normalized spacial score (nSPS) is 38.3. The number of hydrogen-bond acceptors (Lipinski definition) is 6. The molecule has 26 heavy (non-hydrogen) atoms. The van der Waals surface area contributed by atoms with E-state index in [1.807, 2.05) is 12.1 Å². The number of benzene rings is 1. The van der Waals surface area contributed by atoms with Crippen molar-refractivity contribution in [3.63, 3.8) is 0 Å². The van der Waals surface area contributed by atoms with E-state index in [0.717, 1.165) is 16.9 Å². The molecule has 0 radical (unpaired) electrons. The van der Waals surface area contributed by atoms with Gasteiger partial charge in [0.15, 0.2) is 29.8 Å². The Labute approximate surface area is 150 Å². The molecule has 6 nitrogen and oxygen atoms in total. The minimum Gasteiger partial charge on any atom is -0.465 e. The number of hydrogen-bond donors (Lipinski definition) is 0. The largest absolute Gasteiger partial charge is 0.465 e. The van der Waals surface area contributed by atoms with Crippen molar-refractivity contribution in [3.8, 4) is 17.2 Å². The fourth-order valence-corrected chi connectivity index (χ4v) is 5.04. The van der Waals surface area contributed by atoms with Crippen LogP contribution in [0.5, 0.6) is 17.2 Å². The number of rotatable bonds is 0. The molecule has 1 saturated heterocycles. The number of allylic oxidation sites excluding steroid dienone is 2. The molecule has 6 heteroatoms. The van der Waals surface area contributed by atoms with Gasteiger partial charge in [0.25, 0.3) is 5.79 Å². The van der Waals surface area contributed by atoms with Gasteiger partial charge < -0.3 is 18.9 Å². The molecule has 2 aliphatic carbocycles. The lowest BCUT2D eigenvalue weighted by Gasteiger charge is -2.51. The fraction of sp³-hybridized carbons (Fsp3) is 0.450. The van der Waals surface area contributed by atoms with Crippen LogP contribution >= 0.6 is 0 Å². The van der Waals surface area contributed by atoms with Gasteiger partial charge in [-0.25, -0.2) is 0 Å². The molecule has 5 atom stereocenters. The predicted molar refractivity (Wildman–Crippen MR) is 88.7 cm³/mol. The van der Waals surface area contributed by atoms with Crippen LogP contribution < -0.4 is 14.2 Å². The molecule has 3 aliphatic heterocycles. The third-order valence-electron chi connectivity index (χ3n) is 6.45. The summed E-state index contributed by atoms with van der Waals surface area (Å²) in [5, 5.41) is 0. The zero-order valence-corrected chi connectivity index (χ0v) is 14.5. The van der Waals surface area contributed by atoms with Crippen molar-refractivity contribution in [1.82, 2.24) is 0 Å². The fourth-order valence-electron chi connectivity index (χ4n) is 5.04. The van der Waals surface area contributed by atoms with Crippen LogP contribution in [0.1, 0.15) is 25.3 Å². The maximum Gasteiger partial charge on any atom is 0.279 e. The van der Waals surface area contributed by atoms with Crippen molar-refractivity contribution in [3.05, 3.63) is 41.2 Å². The van der Waals surface area contributed by atoms with E-state index >= 15 is 0 Å². The van der Waals surface area contributed by atoms with E-state index < -0.39 is 5.79 Å². The zero-order chi connectivity index (χ0) is 17.6. The Morgan fingerprint density at radius 1 is 1.04 bits per heavy atom. The summed E-state index contributed by atoms with van der Waals surface area (Å²) in [4.78, 5) is 12.8. The summed E-state index contributed by atoms with van der Waals surface area (Å²) >= 11 is 0. The molecule has 0 amide bonds. The molecule has 1 aromatic rings. The van der Waals surface area contributed by atoms with Crippen molar-refractivity contribution >= 4 is 5.78 Å². The minimum absolute atomic E-state index is 0.0114. The summed E-state index contributed by atoms with van der Waals surface area (Å²) in [5.41, 5.74) is 1.80. The molecule has 0 N–H and O–H groups in total. The summed E-state index contributed by atoms with van der Waals surface area (Å²) < 4.78 is 29.1. The number of carbonyl (C=O) groups excluding carboxylic acids is 1. The molecule has 6 rings (SSSR count). The van der Waals surface area contributed by atoms with Gasteiger partial charge in [-0.2, -0.15) is 0 Å². The zero-order valence-electron chi connectivity index (χ0n) is 14.5. The molecule has 134 valence electrons. The SMILES string of the molecule is CC1C=C2C(=O)C=C3OCOC34Oc3cc5c(cc3[C@@H]([C@@H]1C)[C@@H]24)OCO5. The number of carbonyl (C=O) groups is 1. The summed E-state index contributed by atoms with van der Waals surface area (Å²) in [5.74, 6) is 1.90. The summed E-state index contributed by atoms with van der Waals surface area (Å²) in [6.07, 6.45) is 3.60. The first-order valence-corrected chi connectivity index (χ1v) is 8.96. The van der Waals surface area contributed by atoms with E-state index in [1.165, 1.54) is 6.08 Å². The molecular weight excluding hydrogens is 336 g/mol. The van der Waals surface area contributed by atoms with Crippen LogP contribution in [0.2, 0.25) is 0 Å². The second-order valence-electron chi connectivity index (χ2n) is 7.64. The standard InChI is InChI=1S/C20H18O6/c1-9-3-11-13(21)5-17-20(25-8-24-17)19(11)18(10(9)2)12-4-15-16(23-7-22-15)6-14(12)26-20/h3-6,9-10,18-19H,7-8H2,1-2H3/t9?,10-,18-,19-,20?/m1/s1. The quantitative estimate of drug-likeness (QED) is 0.714. The highest BCUT2D eigenvalue weighted by molar-refractivity contribution is 6.06. The maximum atomic E-state index is 12.8. The van der Waals surface area contributed by atoms with Gasteiger partial charge >= 0.3 is 0 Å². The highest BCUT2D eigenvalue weighted by Gasteiger charge is 2.64. The highest BCUT2D eigenvalue weighted by atomic mass is 16.8. The first-order chi connectivity index (χ1) is 12.6. The molecule has 0 saturated carbocycles. The minimum atomic E-state index is -1.07. The smallest absolute Gasteiger partial charge is 0.279 e. The van der Waals surface area contributed by atoms with E-state index in [2.05, 4.69) is 19.9 Å². The molecule has 1 fully saturated rings. The van der Waals surface area contributed by atoms with Crippen molar-refractivity contribution in [1.29, 1.82) is 0 Å². The number of ether oxygens (including phenoxy) is 5. The Hall–Kier alpha value is -2.47. The molecule has 1 spiro atoms. The van der Waals surface area contributed by atoms with E-state index in [4.69, 9.17) is 23.7 Å². The van der Waals surface area contributed by atoms with Crippen LogP contribution in [0, 0.1) is 17.8 Å². The van der Waals surface area contributed by atoms with Crippen molar-refractivity contribution in [2.75, 3.05) is 13.6 Å². The Kier molecular flexibility index (Phi) is 2.61. The highest BCUT2D eigenvalue weighted by Crippen LogP contribution is 2.61. The van der Waals surface area contributed by atoms with Crippen LogP contribution in [0.4, 0.5) is 0 Å². The van der Waals surface area contributed by atoms with Crippen molar-refractivity contribution in [2.24, 2.45) is 17.8 Å². The van der Waals surface area contributed by atoms with Gasteiger partial charge in [0.1, 0.15) is 5.75 Å². The Bertz CT molecular complexity index is 915. The average molecular weight is 354 g/mol. The first kappa shape index (κ1) is 14.7. The Balaban J connectivity index is 1.64. The van der Waals surface area contributed by atoms with E-state index in [-0.39, 0.29) is 37.1 Å². The van der Waals surface area contributed by atoms with Crippen molar-refractivity contribution in [2.45, 2.75) is 25.6 Å². The van der Waals surface area contributed by atoms with E-state index in [1.54, 1.807) is 0 Å². The topological polar surface area (TPSA) is 63.2 Å². The molecule has 5 aliphatic rings. The third-order valence-corrected chi connectivity index (χ3v) is 6.45. The summed E-state index contributed by atoms with van der Waals surface area (Å²) in [7, 11) is 0. The molecule has 0 aromatic heterocycles. The van der Waals surface area contributed by atoms with Crippen LogP contribution in [-0.2, 0) is 14.3 Å². The lowest BCUT2D eigenvalue weighted by molar-refractivity contribution is -0.182. The van der Waals surface area contributed by atoms with E-state index in [0.29, 0.717) is 23.2 Å². The van der Waals surface area contributed by atoms with E-state index in [9.17, 15) is 4.79 Å². The van der Waals surface area contributed by atoms with Gasteiger partial charge in [0, 0.05) is 29.2 Å². The summed E-state index contributed by atoms with van der Waals surface area (Å²) in [6, 6.07) is 3.87. The summed E-state index contributed by atoms with van der Waals surface area (Å²) in [6.45, 7) is 4.66. The molecular formula is C20H18O6. The molecule has 3 heterocycles. The molecule has 0 bridgehead atoms.